The Labute approximate surface area is 82.8 Å². The molecule has 0 spiro atoms. The maximum absolute atomic E-state index is 11.5. The van der Waals surface area contributed by atoms with E-state index in [1.54, 1.807) is 22.4 Å². The first kappa shape index (κ1) is 8.94. The monoisotopic (exact) mass is 198 g/mol. The lowest BCUT2D eigenvalue weighted by molar-refractivity contribution is 0.461. The second-order valence-corrected chi connectivity index (χ2v) is 4.29. The summed E-state index contributed by atoms with van der Waals surface area (Å²) in [5.41, 5.74) is 0.391. The molecule has 0 N–H and O–H groups in total. The summed E-state index contributed by atoms with van der Waals surface area (Å²) in [7, 11) is 1.78. The molecule has 72 valence electrons. The van der Waals surface area contributed by atoms with E-state index < -0.39 is 0 Å². The van der Waals surface area contributed by atoms with Crippen LogP contribution in [0.1, 0.15) is 12.8 Å². The molecule has 1 aromatic rings. The zero-order valence-corrected chi connectivity index (χ0v) is 8.63. The third-order valence-electron chi connectivity index (χ3n) is 2.82. The maximum atomic E-state index is 11.5. The molecule has 2 rings (SSSR count). The fraction of sp³-hybridized carbons (Fsp3) is 0.667. The normalized spacial score (nSPS) is 18.9. The van der Waals surface area contributed by atoms with Gasteiger partial charge in [-0.1, -0.05) is 0 Å². The summed E-state index contributed by atoms with van der Waals surface area (Å²) in [6.45, 7) is 0.830. The Morgan fingerprint density at radius 1 is 1.54 bits per heavy atom. The number of imidazole rings is 1. The average molecular weight is 198 g/mol. The van der Waals surface area contributed by atoms with Crippen LogP contribution in [0.4, 0.5) is 0 Å². The molecule has 0 bridgehead atoms. The Hall–Kier alpha value is -0.640. The fourth-order valence-electron chi connectivity index (χ4n) is 1.54. The van der Waals surface area contributed by atoms with Crippen LogP contribution >= 0.6 is 12.6 Å². The smallest absolute Gasteiger partial charge is 0.302 e. The molecule has 0 unspecified atom stereocenters. The van der Waals surface area contributed by atoms with Crippen molar-refractivity contribution >= 4 is 12.6 Å². The highest BCUT2D eigenvalue weighted by Crippen LogP contribution is 2.47. The molecular weight excluding hydrogens is 184 g/mol. The molecule has 0 radical (unpaired) electrons. The van der Waals surface area contributed by atoms with E-state index in [0.29, 0.717) is 5.41 Å². The van der Waals surface area contributed by atoms with Gasteiger partial charge in [0.05, 0.1) is 0 Å². The molecule has 1 fully saturated rings. The first-order valence-electron chi connectivity index (χ1n) is 4.49. The molecular formula is C9H14N2OS. The van der Waals surface area contributed by atoms with Gasteiger partial charge in [-0.05, 0) is 24.0 Å². The molecule has 0 saturated heterocycles. The molecule has 1 heterocycles. The van der Waals surface area contributed by atoms with Gasteiger partial charge in [0.15, 0.2) is 0 Å². The second kappa shape index (κ2) is 2.94. The predicted molar refractivity (Wildman–Crippen MR) is 55.2 cm³/mol. The minimum Gasteiger partial charge on any atom is -0.302 e. The minimum absolute atomic E-state index is 0.0769. The van der Waals surface area contributed by atoms with Crippen LogP contribution < -0.4 is 5.69 Å². The highest BCUT2D eigenvalue weighted by Gasteiger charge is 2.41. The van der Waals surface area contributed by atoms with E-state index >= 15 is 0 Å². The predicted octanol–water partition coefficient (Wildman–Crippen LogP) is 0.897. The number of hydrogen-bond donors (Lipinski definition) is 1. The van der Waals surface area contributed by atoms with Crippen molar-refractivity contribution in [1.82, 2.24) is 9.13 Å². The quantitative estimate of drug-likeness (QED) is 0.718. The van der Waals surface area contributed by atoms with Gasteiger partial charge >= 0.3 is 5.69 Å². The topological polar surface area (TPSA) is 26.9 Å². The summed E-state index contributed by atoms with van der Waals surface area (Å²) in [4.78, 5) is 11.5. The van der Waals surface area contributed by atoms with Gasteiger partial charge in [-0.2, -0.15) is 12.6 Å². The molecule has 3 nitrogen and oxygen atoms in total. The number of rotatable bonds is 3. The van der Waals surface area contributed by atoms with Gasteiger partial charge < -0.3 is 4.57 Å². The van der Waals surface area contributed by atoms with Crippen molar-refractivity contribution in [1.29, 1.82) is 0 Å². The van der Waals surface area contributed by atoms with Crippen molar-refractivity contribution in [3.05, 3.63) is 22.9 Å². The standard InChI is InChI=1S/C9H14N2OS/c1-10-4-5-11(8(10)12)6-9(7-13)2-3-9/h4-5,13H,2-3,6-7H2,1H3. The van der Waals surface area contributed by atoms with Crippen LogP contribution in [0.2, 0.25) is 0 Å². The largest absolute Gasteiger partial charge is 0.327 e. The Bertz CT molecular complexity index is 362. The molecule has 4 heteroatoms. The molecule has 0 atom stereocenters. The Morgan fingerprint density at radius 2 is 2.23 bits per heavy atom. The highest BCUT2D eigenvalue weighted by atomic mass is 32.1. The van der Waals surface area contributed by atoms with Crippen LogP contribution in [0.3, 0.4) is 0 Å². The van der Waals surface area contributed by atoms with E-state index in [4.69, 9.17) is 0 Å². The van der Waals surface area contributed by atoms with Crippen molar-refractivity contribution < 1.29 is 0 Å². The van der Waals surface area contributed by atoms with E-state index in [2.05, 4.69) is 12.6 Å². The lowest BCUT2D eigenvalue weighted by Gasteiger charge is -2.10. The van der Waals surface area contributed by atoms with Crippen LogP contribution in [0.15, 0.2) is 17.2 Å². The van der Waals surface area contributed by atoms with Crippen molar-refractivity contribution in [3.8, 4) is 0 Å². The third kappa shape index (κ3) is 1.55. The highest BCUT2D eigenvalue weighted by molar-refractivity contribution is 7.80. The van der Waals surface area contributed by atoms with Crippen LogP contribution in [-0.4, -0.2) is 14.9 Å². The van der Waals surface area contributed by atoms with E-state index in [9.17, 15) is 4.79 Å². The summed E-state index contributed by atoms with van der Waals surface area (Å²) < 4.78 is 3.39. The molecule has 0 amide bonds. The first-order valence-corrected chi connectivity index (χ1v) is 5.13. The van der Waals surface area contributed by atoms with Gasteiger partial charge in [-0.15, -0.1) is 0 Å². The minimum atomic E-state index is 0.0769. The SMILES string of the molecule is Cn1ccn(CC2(CS)CC2)c1=O. The lowest BCUT2D eigenvalue weighted by atomic mass is 10.1. The number of aromatic nitrogens is 2. The first-order chi connectivity index (χ1) is 6.17. The molecule has 13 heavy (non-hydrogen) atoms. The Kier molecular flexibility index (Phi) is 2.02. The van der Waals surface area contributed by atoms with E-state index in [0.717, 1.165) is 12.3 Å². The summed E-state index contributed by atoms with van der Waals surface area (Å²) in [5.74, 6) is 0.883. The third-order valence-corrected chi connectivity index (χ3v) is 3.49. The van der Waals surface area contributed by atoms with Gasteiger partial charge in [0, 0.05) is 26.0 Å². The van der Waals surface area contributed by atoms with Crippen LogP contribution in [-0.2, 0) is 13.6 Å². The van der Waals surface area contributed by atoms with E-state index in [1.165, 1.54) is 12.8 Å². The summed E-state index contributed by atoms with van der Waals surface area (Å²) in [6.07, 6.45) is 6.07. The Morgan fingerprint density at radius 3 is 2.62 bits per heavy atom. The Balaban J connectivity index is 2.19. The van der Waals surface area contributed by atoms with Crippen molar-refractivity contribution in [2.24, 2.45) is 12.5 Å². The van der Waals surface area contributed by atoms with Crippen LogP contribution in [0.5, 0.6) is 0 Å². The average Bonchev–Trinajstić information content (AvgIpc) is 2.85. The van der Waals surface area contributed by atoms with Gasteiger partial charge in [0.1, 0.15) is 0 Å². The van der Waals surface area contributed by atoms with Crippen LogP contribution in [0.25, 0.3) is 0 Å². The van der Waals surface area contributed by atoms with Crippen molar-refractivity contribution in [2.75, 3.05) is 5.75 Å². The van der Waals surface area contributed by atoms with E-state index in [1.807, 2.05) is 6.20 Å². The summed E-state index contributed by atoms with van der Waals surface area (Å²) in [5, 5.41) is 0. The van der Waals surface area contributed by atoms with Crippen LogP contribution in [0, 0.1) is 5.41 Å². The number of nitrogens with zero attached hydrogens (tertiary/aromatic N) is 2. The number of thiol groups is 1. The number of hydrogen-bond acceptors (Lipinski definition) is 2. The van der Waals surface area contributed by atoms with Gasteiger partial charge in [-0.25, -0.2) is 4.79 Å². The molecule has 0 aromatic carbocycles. The molecule has 1 aliphatic rings. The van der Waals surface area contributed by atoms with Crippen molar-refractivity contribution in [2.45, 2.75) is 19.4 Å². The molecule has 1 saturated carbocycles. The number of aryl methyl sites for hydroxylation is 1. The van der Waals surface area contributed by atoms with Crippen molar-refractivity contribution in [3.63, 3.8) is 0 Å². The van der Waals surface area contributed by atoms with Gasteiger partial charge in [-0.3, -0.25) is 4.57 Å². The van der Waals surface area contributed by atoms with Gasteiger partial charge in [0.2, 0.25) is 0 Å². The second-order valence-electron chi connectivity index (χ2n) is 3.98. The van der Waals surface area contributed by atoms with Gasteiger partial charge in [0.25, 0.3) is 0 Å². The lowest BCUT2D eigenvalue weighted by Crippen LogP contribution is -2.26. The van der Waals surface area contributed by atoms with E-state index in [-0.39, 0.29) is 5.69 Å². The summed E-state index contributed by atoms with van der Waals surface area (Å²) >= 11 is 4.31. The maximum Gasteiger partial charge on any atom is 0.327 e. The zero-order chi connectivity index (χ0) is 9.47. The summed E-state index contributed by atoms with van der Waals surface area (Å²) in [6, 6.07) is 0. The zero-order valence-electron chi connectivity index (χ0n) is 7.73. The molecule has 1 aliphatic carbocycles. The molecule has 0 aliphatic heterocycles. The fourth-order valence-corrected chi connectivity index (χ4v) is 1.95. The molecule has 1 aromatic heterocycles.